The average Bonchev–Trinajstić information content (AvgIpc) is 3.20. The lowest BCUT2D eigenvalue weighted by atomic mass is 10.1. The van der Waals surface area contributed by atoms with Gasteiger partial charge < -0.3 is 25.4 Å². The van der Waals surface area contributed by atoms with Crippen LogP contribution >= 0.6 is 24.4 Å². The van der Waals surface area contributed by atoms with Crippen molar-refractivity contribution in [1.29, 1.82) is 0 Å². The number of nitrogen functional groups attached to an aromatic ring is 1. The summed E-state index contributed by atoms with van der Waals surface area (Å²) < 4.78 is 145. The Morgan fingerprint density at radius 3 is 1.98 bits per heavy atom. The molecule has 0 aromatic heterocycles. The van der Waals surface area contributed by atoms with Crippen LogP contribution in [0.3, 0.4) is 0 Å². The van der Waals surface area contributed by atoms with Crippen molar-refractivity contribution in [1.82, 2.24) is 0 Å². The topological polar surface area (TPSA) is 424 Å². The summed E-state index contributed by atoms with van der Waals surface area (Å²) in [6, 6.07) is 6.32. The van der Waals surface area contributed by atoms with E-state index in [9.17, 15) is 53.2 Å². The molecule has 0 radical (unpaired) electrons. The van der Waals surface area contributed by atoms with Crippen LogP contribution in [0.5, 0.6) is 17.2 Å². The summed E-state index contributed by atoms with van der Waals surface area (Å²) in [4.78, 5) is 9.79. The first-order valence-corrected chi connectivity index (χ1v) is 23.6. The fraction of sp³-hybridized carbons (Fsp3) is 0.207. The smallest absolute Gasteiger partial charge is 0.397 e. The number of phenolic OH excluding ortho intramolecular Hbond substituents is 1. The predicted octanol–water partition coefficient (Wildman–Crippen LogP) is 4.72. The second-order valence-corrected chi connectivity index (χ2v) is 19.4. The van der Waals surface area contributed by atoms with Crippen molar-refractivity contribution in [3.63, 3.8) is 0 Å². The fourth-order valence-corrected chi connectivity index (χ4v) is 9.32. The Hall–Kier alpha value is -4.89. The number of aromatic hydroxyl groups is 1. The van der Waals surface area contributed by atoms with Crippen LogP contribution in [0.25, 0.3) is 10.8 Å². The van der Waals surface area contributed by atoms with Crippen molar-refractivity contribution >= 4 is 110 Å². The zero-order valence-corrected chi connectivity index (χ0v) is 36.2. The van der Waals surface area contributed by atoms with Gasteiger partial charge in [-0.05, 0) is 35.7 Å². The third-order valence-corrected chi connectivity index (χ3v) is 13.4. The number of sulfone groups is 2. The number of anilines is 1. The van der Waals surface area contributed by atoms with E-state index in [1.165, 1.54) is 0 Å². The highest BCUT2D eigenvalue weighted by Gasteiger charge is 2.28. The minimum absolute atomic E-state index is 0.109. The first-order chi connectivity index (χ1) is 29.5. The molecule has 0 aliphatic rings. The second kappa shape index (κ2) is 21.2. The van der Waals surface area contributed by atoms with Gasteiger partial charge in [-0.2, -0.15) is 16.8 Å². The Balaban J connectivity index is 1.87. The van der Waals surface area contributed by atoms with E-state index in [4.69, 9.17) is 34.5 Å². The minimum Gasteiger partial charge on any atom is -0.505 e. The molecule has 8 N–H and O–H groups in total. The highest BCUT2D eigenvalue weighted by Crippen LogP contribution is 2.50. The van der Waals surface area contributed by atoms with Gasteiger partial charge in [0.25, 0.3) is 10.1 Å². The molecule has 4 rings (SSSR count). The predicted molar refractivity (Wildman–Crippen MR) is 212 cm³/mol. The van der Waals surface area contributed by atoms with E-state index >= 15 is 0 Å². The van der Waals surface area contributed by atoms with E-state index in [1.54, 1.807) is 0 Å². The fourth-order valence-electron chi connectivity index (χ4n) is 5.06. The quantitative estimate of drug-likeness (QED) is 0.0100. The molecule has 4 aromatic rings. The van der Waals surface area contributed by atoms with Crippen molar-refractivity contribution in [2.75, 3.05) is 44.7 Å². The number of hydrogen-bond donors (Lipinski definition) is 7. The van der Waals surface area contributed by atoms with Gasteiger partial charge in [-0.15, -0.1) is 29.1 Å². The number of carboxylic acid groups (broad SMARTS) is 1. The van der Waals surface area contributed by atoms with Gasteiger partial charge in [-0.25, -0.2) is 36.3 Å². The van der Waals surface area contributed by atoms with Crippen LogP contribution in [0.15, 0.2) is 82.5 Å². The van der Waals surface area contributed by atoms with Gasteiger partial charge in [0.1, 0.15) is 44.0 Å². The number of phenols is 1. The molecule has 0 atom stereocenters. The zero-order chi connectivity index (χ0) is 46.9. The molecular weight excluding hydrogens is 979 g/mol. The molecule has 4 aromatic carbocycles. The first kappa shape index (κ1) is 50.8. The second-order valence-electron chi connectivity index (χ2n) is 11.5. The Morgan fingerprint density at radius 2 is 1.38 bits per heavy atom. The molecule has 0 saturated heterocycles. The molecule has 0 unspecified atom stereocenters. The monoisotopic (exact) mass is 1010 g/mol. The van der Waals surface area contributed by atoms with Crippen LogP contribution in [0, 0.1) is 0 Å². The van der Waals surface area contributed by atoms with Crippen LogP contribution in [0.1, 0.15) is 10.4 Å². The highest BCUT2D eigenvalue weighted by atomic mass is 32.3. The maximum Gasteiger partial charge on any atom is 0.397 e. The summed E-state index contributed by atoms with van der Waals surface area (Å²) in [5.74, 6) is -5.04. The van der Waals surface area contributed by atoms with E-state index < -0.39 is 131 Å². The van der Waals surface area contributed by atoms with E-state index in [-0.39, 0.29) is 46.1 Å². The molecule has 34 heteroatoms. The summed E-state index contributed by atoms with van der Waals surface area (Å²) in [7, 11) is -16.7. The molecule has 0 spiro atoms. The van der Waals surface area contributed by atoms with Crippen LogP contribution in [-0.2, 0) is 67.3 Å². The summed E-state index contributed by atoms with van der Waals surface area (Å²) in [6.45, 7) is -1.49. The Bertz CT molecular complexity index is 2900. The maximum absolute atomic E-state index is 13.0. The molecule has 0 heterocycles. The van der Waals surface area contributed by atoms with Crippen molar-refractivity contribution in [2.24, 2.45) is 20.5 Å². The van der Waals surface area contributed by atoms with E-state index in [1.807, 2.05) is 0 Å². The number of aromatic carboxylic acids is 1. The molecular formula is C29H29N5O23S6. The van der Waals surface area contributed by atoms with Crippen LogP contribution in [-0.4, -0.2) is 108 Å². The Morgan fingerprint density at radius 1 is 0.746 bits per heavy atom. The molecule has 0 bridgehead atoms. The molecule has 0 aliphatic heterocycles. The normalized spacial score (nSPS) is 12.7. The minimum atomic E-state index is -5.26. The van der Waals surface area contributed by atoms with E-state index in [2.05, 4.69) is 43.4 Å². The number of nitrogens with two attached hydrogens (primary N) is 1. The molecule has 0 amide bonds. The number of benzene rings is 4. The summed E-state index contributed by atoms with van der Waals surface area (Å²) in [5.41, 5.74) is 2.64. The molecule has 28 nitrogen and oxygen atoms in total. The highest BCUT2D eigenvalue weighted by molar-refractivity contribution is 7.94. The van der Waals surface area contributed by atoms with Gasteiger partial charge in [0.05, 0.1) is 77.4 Å². The maximum atomic E-state index is 13.0. The number of fused-ring (bicyclic) bond motifs is 1. The van der Waals surface area contributed by atoms with Gasteiger partial charge in [0.2, 0.25) is 0 Å². The largest absolute Gasteiger partial charge is 0.505 e. The lowest BCUT2D eigenvalue weighted by molar-refractivity contribution is -0.434. The van der Waals surface area contributed by atoms with Crippen LogP contribution in [0.4, 0.5) is 28.4 Å². The zero-order valence-electron chi connectivity index (χ0n) is 31.3. The van der Waals surface area contributed by atoms with Gasteiger partial charge in [0, 0.05) is 12.1 Å². The van der Waals surface area contributed by atoms with Gasteiger partial charge >= 0.3 is 16.4 Å². The number of carbonyl (C=O) groups is 1. The van der Waals surface area contributed by atoms with Gasteiger partial charge in [0.15, 0.2) is 37.7 Å². The molecule has 0 fully saturated rings. The van der Waals surface area contributed by atoms with Crippen LogP contribution < -0.4 is 15.2 Å². The Kier molecular flexibility index (Phi) is 17.1. The third-order valence-electron chi connectivity index (χ3n) is 7.75. The lowest BCUT2D eigenvalue weighted by Gasteiger charge is -2.15. The SMILES string of the molecule is COc1cc(S(=O)(=O)CCOS(=O)(=O)O)c(OC)cc1N=Nc1c(S(=O)(=O)O)cc2cc(SOOO)c(N=Nc3ccc(S(=O)(=O)CCOSOOO)cc3C(=O)O)c(O)c2c1N. The number of ether oxygens (including phenoxy) is 2. The third kappa shape index (κ3) is 12.9. The number of hydrogen-bond acceptors (Lipinski definition) is 27. The van der Waals surface area contributed by atoms with Gasteiger partial charge in [-0.1, -0.05) is 10.1 Å². The van der Waals surface area contributed by atoms with Crippen LogP contribution in [0.2, 0.25) is 0 Å². The van der Waals surface area contributed by atoms with Crippen molar-refractivity contribution in [3.05, 3.63) is 48.0 Å². The molecule has 63 heavy (non-hydrogen) atoms. The average molecular weight is 1010 g/mol. The number of rotatable bonds is 23. The lowest BCUT2D eigenvalue weighted by Crippen LogP contribution is -2.16. The van der Waals surface area contributed by atoms with E-state index in [0.717, 1.165) is 56.7 Å². The molecule has 344 valence electrons. The number of carboxylic acids is 1. The van der Waals surface area contributed by atoms with Crippen molar-refractivity contribution in [3.8, 4) is 17.2 Å². The molecule has 0 saturated carbocycles. The standard InChI is InChI=1S/C29H29N5O23S6/c1-50-19-13-22(61(42,43)8-6-53-63(47,48)49)20(51-2)12-18(19)32-34-27-23(62(44,45)46)10-14-9-21(58-56-54-38)26(28(35)24(14)25(27)30)33-31-17-4-3-15(11-16(17)29(36)37)60(40,41)7-5-52-59-57-55-39/h3-4,9-13,35,38-39H,5-8,30H2,1-2H3,(H,36,37)(H,44,45,46)(H,47,48,49). The van der Waals surface area contributed by atoms with Crippen molar-refractivity contribution < 1.29 is 105 Å². The summed E-state index contributed by atoms with van der Waals surface area (Å²) in [5, 5.41) is 60.0. The molecule has 0 aliphatic carbocycles. The van der Waals surface area contributed by atoms with Gasteiger partial charge in [-0.3, -0.25) is 13.3 Å². The number of azo groups is 2. The Labute approximate surface area is 363 Å². The summed E-state index contributed by atoms with van der Waals surface area (Å²) in [6.07, 6.45) is 0. The number of nitrogens with zero attached hydrogens (tertiary/aromatic N) is 4. The van der Waals surface area contributed by atoms with E-state index in [0.29, 0.717) is 0 Å². The van der Waals surface area contributed by atoms with Crippen molar-refractivity contribution in [2.45, 2.75) is 19.6 Å². The first-order valence-electron chi connectivity index (χ1n) is 16.0. The summed E-state index contributed by atoms with van der Waals surface area (Å²) >= 11 is 0.262. The number of methoxy groups -OCH3 is 2.